The Morgan fingerprint density at radius 3 is 2.63 bits per heavy atom. The number of piperazine rings is 1. The predicted molar refractivity (Wildman–Crippen MR) is 114 cm³/mol. The van der Waals surface area contributed by atoms with Gasteiger partial charge in [-0.1, -0.05) is 0 Å². The molecule has 2 aliphatic heterocycles. The van der Waals surface area contributed by atoms with E-state index in [4.69, 9.17) is 9.15 Å². The number of benzene rings is 1. The number of hydrogen-bond acceptors (Lipinski definition) is 8. The molecular formula is C21H24N4O4S. The van der Waals surface area contributed by atoms with Gasteiger partial charge in [-0.2, -0.15) is 4.98 Å². The molecule has 30 heavy (non-hydrogen) atoms. The smallest absolute Gasteiger partial charge is 0.410 e. The molecule has 3 aromatic rings. The lowest BCUT2D eigenvalue weighted by Gasteiger charge is -2.40. The molecule has 0 aliphatic carbocycles. The average molecular weight is 429 g/mol. The molecule has 2 atom stereocenters. The van der Waals surface area contributed by atoms with E-state index in [1.807, 2.05) is 31.1 Å². The van der Waals surface area contributed by atoms with E-state index in [0.29, 0.717) is 30.2 Å². The molecule has 158 valence electrons. The Labute approximate surface area is 178 Å². The van der Waals surface area contributed by atoms with Gasteiger partial charge in [-0.05, 0) is 39.7 Å². The van der Waals surface area contributed by atoms with E-state index in [1.54, 1.807) is 18.3 Å². The largest absolute Gasteiger partial charge is 0.508 e. The molecule has 0 spiro atoms. The summed E-state index contributed by atoms with van der Waals surface area (Å²) in [6, 6.07) is 3.90. The summed E-state index contributed by atoms with van der Waals surface area (Å²) in [5.41, 5.74) is 1.42. The number of hydrogen-bond donors (Lipinski definition) is 1. The Morgan fingerprint density at radius 2 is 2.00 bits per heavy atom. The van der Waals surface area contributed by atoms with Crippen molar-refractivity contribution in [2.45, 2.75) is 51.3 Å². The van der Waals surface area contributed by atoms with Gasteiger partial charge in [0.2, 0.25) is 0 Å². The normalized spacial score (nSPS) is 21.4. The van der Waals surface area contributed by atoms with Crippen LogP contribution >= 0.6 is 11.3 Å². The second-order valence-corrected chi connectivity index (χ2v) is 9.75. The Hall–Kier alpha value is -2.81. The van der Waals surface area contributed by atoms with Crippen molar-refractivity contribution in [1.82, 2.24) is 14.9 Å². The molecule has 1 amide bonds. The van der Waals surface area contributed by atoms with Crippen molar-refractivity contribution in [3.05, 3.63) is 23.7 Å². The summed E-state index contributed by atoms with van der Waals surface area (Å²) in [5.74, 6) is 0.127. The zero-order valence-electron chi connectivity index (χ0n) is 17.2. The van der Waals surface area contributed by atoms with Crippen LogP contribution in [0.1, 0.15) is 33.6 Å². The average Bonchev–Trinajstić information content (AvgIpc) is 3.37. The third kappa shape index (κ3) is 3.36. The summed E-state index contributed by atoms with van der Waals surface area (Å²) in [6.07, 6.45) is 3.35. The number of rotatable bonds is 2. The van der Waals surface area contributed by atoms with Gasteiger partial charge in [-0.25, -0.2) is 9.78 Å². The third-order valence-electron chi connectivity index (χ3n) is 5.48. The molecule has 8 nitrogen and oxygen atoms in total. The molecule has 2 saturated heterocycles. The molecule has 9 heteroatoms. The summed E-state index contributed by atoms with van der Waals surface area (Å²) < 4.78 is 11.8. The molecule has 0 saturated carbocycles. The van der Waals surface area contributed by atoms with Crippen LogP contribution in [0.3, 0.4) is 0 Å². The molecule has 2 fully saturated rings. The first kappa shape index (κ1) is 19.2. The lowest BCUT2D eigenvalue weighted by atomic mass is 10.2. The molecule has 5 rings (SSSR count). The van der Waals surface area contributed by atoms with Gasteiger partial charge in [0.15, 0.2) is 5.58 Å². The van der Waals surface area contributed by atoms with Crippen molar-refractivity contribution in [3.63, 3.8) is 0 Å². The highest BCUT2D eigenvalue weighted by Gasteiger charge is 2.45. The maximum atomic E-state index is 12.7. The second kappa shape index (κ2) is 6.87. The molecule has 2 aliphatic rings. The van der Waals surface area contributed by atoms with Crippen molar-refractivity contribution in [2.24, 2.45) is 0 Å². The lowest BCUT2D eigenvalue weighted by Crippen LogP contribution is -2.56. The fourth-order valence-electron chi connectivity index (χ4n) is 4.33. The topological polar surface area (TPSA) is 91.9 Å². The number of phenolic OH excluding ortho intramolecular Hbond substituents is 1. The monoisotopic (exact) mass is 428 g/mol. The Balaban J connectivity index is 1.43. The maximum absolute atomic E-state index is 12.7. The predicted octanol–water partition coefficient (Wildman–Crippen LogP) is 4.25. The standard InChI is InChI=1S/C21H24N4O4S/c1-21(2,3)29-20(27)25-12-4-5-13(25)11-24(10-12)19-23-16-9-14(26)8-15(17(16)28-19)18-22-6-7-30-18/h6-9,12-13,26H,4-5,10-11H2,1-3H3. The van der Waals surface area contributed by atoms with E-state index >= 15 is 0 Å². The van der Waals surface area contributed by atoms with E-state index in [0.717, 1.165) is 23.4 Å². The number of fused-ring (bicyclic) bond motifs is 3. The number of anilines is 1. The number of carbonyl (C=O) groups is 1. The molecule has 2 bridgehead atoms. The molecule has 1 N–H and O–H groups in total. The van der Waals surface area contributed by atoms with E-state index in [1.165, 1.54) is 11.3 Å². The van der Waals surface area contributed by atoms with E-state index in [2.05, 4.69) is 14.9 Å². The Morgan fingerprint density at radius 1 is 1.27 bits per heavy atom. The number of ether oxygens (including phenoxy) is 1. The Bertz CT molecular complexity index is 1070. The van der Waals surface area contributed by atoms with Crippen molar-refractivity contribution in [3.8, 4) is 16.3 Å². The van der Waals surface area contributed by atoms with E-state index < -0.39 is 5.60 Å². The molecule has 1 aromatic carbocycles. The van der Waals surface area contributed by atoms with Gasteiger partial charge < -0.3 is 19.2 Å². The minimum absolute atomic E-state index is 0.0699. The van der Waals surface area contributed by atoms with E-state index in [-0.39, 0.29) is 23.9 Å². The van der Waals surface area contributed by atoms with Crippen LogP contribution in [0, 0.1) is 0 Å². The van der Waals surface area contributed by atoms with Gasteiger partial charge in [-0.3, -0.25) is 4.90 Å². The summed E-state index contributed by atoms with van der Waals surface area (Å²) in [6.45, 7) is 6.94. The minimum Gasteiger partial charge on any atom is -0.508 e. The molecule has 0 radical (unpaired) electrons. The SMILES string of the molecule is CC(C)(C)OC(=O)N1C2CCC1CN(c1nc3cc(O)cc(-c4nccs4)c3o1)C2. The third-order valence-corrected chi connectivity index (χ3v) is 6.29. The summed E-state index contributed by atoms with van der Waals surface area (Å²) >= 11 is 1.48. The van der Waals surface area contributed by atoms with Gasteiger partial charge in [0.1, 0.15) is 21.9 Å². The van der Waals surface area contributed by atoms with Crippen LogP contribution < -0.4 is 4.90 Å². The second-order valence-electron chi connectivity index (χ2n) is 8.85. The van der Waals surface area contributed by atoms with Gasteiger partial charge in [0.05, 0.1) is 17.6 Å². The minimum atomic E-state index is -0.512. The first-order valence-corrected chi connectivity index (χ1v) is 11.0. The fourth-order valence-corrected chi connectivity index (χ4v) is 4.98. The van der Waals surface area contributed by atoms with Gasteiger partial charge in [-0.15, -0.1) is 11.3 Å². The molecular weight excluding hydrogens is 404 g/mol. The van der Waals surface area contributed by atoms with Gasteiger partial charge in [0.25, 0.3) is 6.01 Å². The zero-order chi connectivity index (χ0) is 21.0. The summed E-state index contributed by atoms with van der Waals surface area (Å²) in [5, 5.41) is 12.8. The van der Waals surface area contributed by atoms with Crippen molar-refractivity contribution in [2.75, 3.05) is 18.0 Å². The first-order chi connectivity index (χ1) is 14.3. The number of amides is 1. The van der Waals surface area contributed by atoms with Gasteiger partial charge in [0, 0.05) is 30.7 Å². The van der Waals surface area contributed by atoms with Crippen molar-refractivity contribution < 1.29 is 19.1 Å². The molecule has 2 aromatic heterocycles. The maximum Gasteiger partial charge on any atom is 0.410 e. The lowest BCUT2D eigenvalue weighted by molar-refractivity contribution is 0.0120. The van der Waals surface area contributed by atoms with Crippen LogP contribution in [-0.2, 0) is 4.74 Å². The first-order valence-electron chi connectivity index (χ1n) is 10.1. The van der Waals surface area contributed by atoms with Crippen LogP contribution in [-0.4, -0.2) is 56.8 Å². The van der Waals surface area contributed by atoms with Crippen molar-refractivity contribution >= 4 is 34.5 Å². The highest BCUT2D eigenvalue weighted by Crippen LogP contribution is 2.38. The van der Waals surface area contributed by atoms with E-state index in [9.17, 15) is 9.90 Å². The Kier molecular flexibility index (Phi) is 4.39. The zero-order valence-corrected chi connectivity index (χ0v) is 18.0. The van der Waals surface area contributed by atoms with Gasteiger partial charge >= 0.3 is 6.09 Å². The quantitative estimate of drug-likeness (QED) is 0.652. The van der Waals surface area contributed by atoms with Crippen LogP contribution in [0.25, 0.3) is 21.7 Å². The number of oxazole rings is 1. The summed E-state index contributed by atoms with van der Waals surface area (Å²) in [7, 11) is 0. The van der Waals surface area contributed by atoms with Crippen molar-refractivity contribution in [1.29, 1.82) is 0 Å². The van der Waals surface area contributed by atoms with Crippen LogP contribution in [0.4, 0.5) is 10.8 Å². The van der Waals surface area contributed by atoms with Crippen LogP contribution in [0.5, 0.6) is 5.75 Å². The molecule has 4 heterocycles. The summed E-state index contributed by atoms with van der Waals surface area (Å²) in [4.78, 5) is 25.6. The highest BCUT2D eigenvalue weighted by atomic mass is 32.1. The number of nitrogens with zero attached hydrogens (tertiary/aromatic N) is 4. The number of carbonyl (C=O) groups excluding carboxylic acids is 1. The molecule has 2 unspecified atom stereocenters. The number of aromatic nitrogens is 2. The fraction of sp³-hybridized carbons (Fsp3) is 0.476. The highest BCUT2D eigenvalue weighted by molar-refractivity contribution is 7.13. The van der Waals surface area contributed by atoms with Crippen LogP contribution in [0.2, 0.25) is 0 Å². The number of aromatic hydroxyl groups is 1. The number of phenols is 1. The van der Waals surface area contributed by atoms with Crippen LogP contribution in [0.15, 0.2) is 28.1 Å². The number of thiazole rings is 1.